The van der Waals surface area contributed by atoms with Crippen molar-refractivity contribution in [3.05, 3.63) is 27.5 Å². The molecule has 0 aliphatic carbocycles. The van der Waals surface area contributed by atoms with Gasteiger partial charge in [-0.05, 0) is 28.4 Å². The van der Waals surface area contributed by atoms with Crippen molar-refractivity contribution >= 4 is 33.4 Å². The van der Waals surface area contributed by atoms with Crippen molar-refractivity contribution in [3.63, 3.8) is 0 Å². The molecule has 1 aromatic heterocycles. The number of aromatic nitrogens is 1. The summed E-state index contributed by atoms with van der Waals surface area (Å²) in [6.45, 7) is 0.296. The Hall–Kier alpha value is -0.690. The summed E-state index contributed by atoms with van der Waals surface area (Å²) in [5.74, 6) is -0.343. The van der Waals surface area contributed by atoms with Crippen molar-refractivity contribution in [2.75, 3.05) is 20.3 Å². The number of aliphatic hydroxyl groups excluding tert-OH is 1. The Kier molecular flexibility index (Phi) is 6.56. The molecule has 18 heavy (non-hydrogen) atoms. The molecule has 5 nitrogen and oxygen atoms in total. The summed E-state index contributed by atoms with van der Waals surface area (Å²) >= 11 is 9.08. The normalized spacial score (nSPS) is 12.2. The first kappa shape index (κ1) is 15.4. The van der Waals surface area contributed by atoms with Gasteiger partial charge in [0.25, 0.3) is 5.91 Å². The highest BCUT2D eigenvalue weighted by Crippen LogP contribution is 2.18. The van der Waals surface area contributed by atoms with Crippen LogP contribution >= 0.6 is 27.5 Å². The van der Waals surface area contributed by atoms with Gasteiger partial charge in [-0.15, -0.1) is 0 Å². The van der Waals surface area contributed by atoms with Crippen molar-refractivity contribution in [2.24, 2.45) is 0 Å². The molecule has 0 fully saturated rings. The third-order valence-corrected chi connectivity index (χ3v) is 2.97. The summed E-state index contributed by atoms with van der Waals surface area (Å²) < 4.78 is 5.63. The molecule has 7 heteroatoms. The van der Waals surface area contributed by atoms with E-state index in [1.165, 1.54) is 13.3 Å². The van der Waals surface area contributed by atoms with E-state index in [-0.39, 0.29) is 29.3 Å². The van der Waals surface area contributed by atoms with E-state index in [0.717, 1.165) is 0 Å². The number of carbonyl (C=O) groups excluding carboxylic acids is 1. The lowest BCUT2D eigenvalue weighted by atomic mass is 10.2. The molecular formula is C11H14BrClN2O3. The van der Waals surface area contributed by atoms with Gasteiger partial charge in [-0.1, -0.05) is 11.6 Å². The lowest BCUT2D eigenvalue weighted by Crippen LogP contribution is -2.38. The Labute approximate surface area is 119 Å². The fourth-order valence-corrected chi connectivity index (χ4v) is 1.92. The maximum absolute atomic E-state index is 12.0. The molecular weight excluding hydrogens is 323 g/mol. The number of hydrogen-bond acceptors (Lipinski definition) is 4. The standard InChI is InChI=1S/C11H14BrClN2O3/c1-18-6-8(2-3-16)15-11(17)9-4-7(12)5-14-10(9)13/h4-5,8,16H,2-3,6H2,1H3,(H,15,17). The summed E-state index contributed by atoms with van der Waals surface area (Å²) in [4.78, 5) is 15.9. The van der Waals surface area contributed by atoms with Crippen LogP contribution in [0.3, 0.4) is 0 Å². The molecule has 0 aromatic carbocycles. The maximum Gasteiger partial charge on any atom is 0.254 e. The van der Waals surface area contributed by atoms with E-state index in [9.17, 15) is 4.79 Å². The molecule has 1 aromatic rings. The number of carbonyl (C=O) groups is 1. The third-order valence-electron chi connectivity index (χ3n) is 2.23. The summed E-state index contributed by atoms with van der Waals surface area (Å²) in [5.41, 5.74) is 0.282. The molecule has 0 radical (unpaired) electrons. The number of rotatable bonds is 6. The smallest absolute Gasteiger partial charge is 0.254 e. The number of nitrogens with zero attached hydrogens (tertiary/aromatic N) is 1. The minimum atomic E-state index is -0.343. The van der Waals surface area contributed by atoms with Crippen molar-refractivity contribution in [2.45, 2.75) is 12.5 Å². The average Bonchev–Trinajstić information content (AvgIpc) is 2.33. The Morgan fingerprint density at radius 2 is 2.44 bits per heavy atom. The lowest BCUT2D eigenvalue weighted by Gasteiger charge is -2.17. The van der Waals surface area contributed by atoms with Crippen molar-refractivity contribution in [1.29, 1.82) is 0 Å². The first-order valence-corrected chi connectivity index (χ1v) is 6.47. The number of pyridine rings is 1. The summed E-state index contributed by atoms with van der Waals surface area (Å²) in [6, 6.07) is 1.33. The molecule has 1 unspecified atom stereocenters. The topological polar surface area (TPSA) is 71.5 Å². The van der Waals surface area contributed by atoms with Gasteiger partial charge in [-0.3, -0.25) is 4.79 Å². The Morgan fingerprint density at radius 1 is 1.72 bits per heavy atom. The van der Waals surface area contributed by atoms with E-state index in [1.54, 1.807) is 6.07 Å². The molecule has 0 bridgehead atoms. The van der Waals surface area contributed by atoms with Crippen molar-refractivity contribution in [1.82, 2.24) is 10.3 Å². The largest absolute Gasteiger partial charge is 0.396 e. The molecule has 2 N–H and O–H groups in total. The van der Waals surface area contributed by atoms with Crippen LogP contribution in [0.15, 0.2) is 16.7 Å². The Morgan fingerprint density at radius 3 is 3.06 bits per heavy atom. The van der Waals surface area contributed by atoms with Crippen LogP contribution in [0, 0.1) is 0 Å². The number of hydrogen-bond donors (Lipinski definition) is 2. The van der Waals surface area contributed by atoms with E-state index >= 15 is 0 Å². The van der Waals surface area contributed by atoms with Crippen molar-refractivity contribution < 1.29 is 14.6 Å². The molecule has 0 aliphatic heterocycles. The zero-order valence-electron chi connectivity index (χ0n) is 9.82. The predicted molar refractivity (Wildman–Crippen MR) is 71.8 cm³/mol. The Balaban J connectivity index is 2.76. The van der Waals surface area contributed by atoms with E-state index < -0.39 is 0 Å². The zero-order valence-corrected chi connectivity index (χ0v) is 12.2. The van der Waals surface area contributed by atoms with Crippen LogP contribution in [-0.4, -0.2) is 42.4 Å². The van der Waals surface area contributed by atoms with Gasteiger partial charge in [0.2, 0.25) is 0 Å². The summed E-state index contributed by atoms with van der Waals surface area (Å²) in [5, 5.41) is 11.8. The number of methoxy groups -OCH3 is 1. The number of aliphatic hydroxyl groups is 1. The number of ether oxygens (including phenoxy) is 1. The quantitative estimate of drug-likeness (QED) is 0.774. The summed E-state index contributed by atoms with van der Waals surface area (Å²) in [6.07, 6.45) is 1.93. The highest BCUT2D eigenvalue weighted by molar-refractivity contribution is 9.10. The minimum absolute atomic E-state index is 0.0290. The molecule has 1 amide bonds. The van der Waals surface area contributed by atoms with Crippen LogP contribution in [0.4, 0.5) is 0 Å². The first-order valence-electron chi connectivity index (χ1n) is 5.30. The van der Waals surface area contributed by atoms with Crippen LogP contribution in [0.1, 0.15) is 16.8 Å². The van der Waals surface area contributed by atoms with Crippen LogP contribution < -0.4 is 5.32 Å². The second-order valence-corrected chi connectivity index (χ2v) is 4.90. The van der Waals surface area contributed by atoms with E-state index in [0.29, 0.717) is 17.5 Å². The average molecular weight is 338 g/mol. The SMILES string of the molecule is COCC(CCO)NC(=O)c1cc(Br)cnc1Cl. The van der Waals surface area contributed by atoms with Gasteiger partial charge in [-0.2, -0.15) is 0 Å². The number of halogens is 2. The molecule has 0 saturated heterocycles. The fourth-order valence-electron chi connectivity index (χ4n) is 1.40. The van der Waals surface area contributed by atoms with E-state index in [1.807, 2.05) is 0 Å². The van der Waals surface area contributed by atoms with E-state index in [2.05, 4.69) is 26.2 Å². The molecule has 1 atom stereocenters. The Bertz CT molecular complexity index is 411. The fraction of sp³-hybridized carbons (Fsp3) is 0.455. The van der Waals surface area contributed by atoms with Crippen LogP contribution in [0.25, 0.3) is 0 Å². The number of amides is 1. The zero-order chi connectivity index (χ0) is 13.5. The molecule has 0 aliphatic rings. The monoisotopic (exact) mass is 336 g/mol. The van der Waals surface area contributed by atoms with Crippen molar-refractivity contribution in [3.8, 4) is 0 Å². The molecule has 1 heterocycles. The van der Waals surface area contributed by atoms with Gasteiger partial charge in [-0.25, -0.2) is 4.98 Å². The van der Waals surface area contributed by atoms with Crippen LogP contribution in [0.2, 0.25) is 5.15 Å². The molecule has 0 spiro atoms. The van der Waals surface area contributed by atoms with Gasteiger partial charge in [0.05, 0.1) is 18.2 Å². The second-order valence-electron chi connectivity index (χ2n) is 3.63. The predicted octanol–water partition coefficient (Wildman–Crippen LogP) is 1.62. The van der Waals surface area contributed by atoms with Gasteiger partial charge in [0.15, 0.2) is 0 Å². The molecule has 0 saturated carbocycles. The summed E-state index contributed by atoms with van der Waals surface area (Å²) in [7, 11) is 1.53. The van der Waals surface area contributed by atoms with E-state index in [4.69, 9.17) is 21.4 Å². The second kappa shape index (κ2) is 7.68. The van der Waals surface area contributed by atoms with Crippen LogP contribution in [-0.2, 0) is 4.74 Å². The third kappa shape index (κ3) is 4.53. The highest BCUT2D eigenvalue weighted by atomic mass is 79.9. The maximum atomic E-state index is 12.0. The van der Waals surface area contributed by atoms with Gasteiger partial charge in [0, 0.05) is 24.4 Å². The first-order chi connectivity index (χ1) is 8.58. The van der Waals surface area contributed by atoms with Gasteiger partial charge >= 0.3 is 0 Å². The van der Waals surface area contributed by atoms with Gasteiger partial charge in [0.1, 0.15) is 5.15 Å². The minimum Gasteiger partial charge on any atom is -0.396 e. The molecule has 1 rings (SSSR count). The number of nitrogens with one attached hydrogen (secondary N) is 1. The lowest BCUT2D eigenvalue weighted by molar-refractivity contribution is 0.0878. The molecule has 100 valence electrons. The van der Waals surface area contributed by atoms with Gasteiger partial charge < -0.3 is 15.2 Å². The highest BCUT2D eigenvalue weighted by Gasteiger charge is 2.16. The van der Waals surface area contributed by atoms with Crippen LogP contribution in [0.5, 0.6) is 0 Å².